The molecule has 0 aliphatic heterocycles. The summed E-state index contributed by atoms with van der Waals surface area (Å²) in [6.07, 6.45) is 14.7. The summed E-state index contributed by atoms with van der Waals surface area (Å²) in [5.74, 6) is 7.29. The number of nitrogens with zero attached hydrogens (tertiary/aromatic N) is 2. The third-order valence-corrected chi connectivity index (χ3v) is 16.5. The molecular weight excluding hydrogens is 945 g/mol. The molecule has 58 heavy (non-hydrogen) atoms. The molecule has 8 aromatic rings. The van der Waals surface area contributed by atoms with Crippen LogP contribution in [0.25, 0.3) is 55.6 Å². The Morgan fingerprint density at radius 2 is 1.31 bits per heavy atom. The van der Waals surface area contributed by atoms with E-state index in [4.69, 9.17) is 14.4 Å². The predicted octanol–water partition coefficient (Wildman–Crippen LogP) is 12.9. The van der Waals surface area contributed by atoms with E-state index in [0.717, 1.165) is 63.7 Å². The number of benzene rings is 5. The van der Waals surface area contributed by atoms with Crippen LogP contribution in [0.5, 0.6) is 0 Å². The summed E-state index contributed by atoms with van der Waals surface area (Å²) in [7, 11) is 0. The van der Waals surface area contributed by atoms with Crippen molar-refractivity contribution in [3.63, 3.8) is 0 Å². The Labute approximate surface area is 360 Å². The molecule has 0 N–H and O–H groups in total. The molecule has 10 rings (SSSR count). The first-order valence-electron chi connectivity index (χ1n) is 20.8. The number of hydrogen-bond acceptors (Lipinski definition) is 3. The first-order chi connectivity index (χ1) is 27.8. The van der Waals surface area contributed by atoms with Crippen LogP contribution >= 0.6 is 0 Å². The SMILES string of the molecule is Cc1cc(-c2[c-]ccc3c2CCCC3)nc[c]1[Ge]([CH3])([CH3])[CH3].[Ir].[c-]1ccc2c(oc3cc(-c4ccc(Cc5ccccc5)cc4)ccc32)c1-c1nccc2c1CCCC2. The summed E-state index contributed by atoms with van der Waals surface area (Å²) in [5.41, 5.74) is 18.3. The first kappa shape index (κ1) is 40.2. The van der Waals surface area contributed by atoms with E-state index in [9.17, 15) is 0 Å². The van der Waals surface area contributed by atoms with Crippen LogP contribution in [0.15, 0.2) is 126 Å². The topological polar surface area (TPSA) is 38.9 Å². The quantitative estimate of drug-likeness (QED) is 0.123. The molecule has 293 valence electrons. The fraction of sp³-hybridized carbons (Fsp3) is 0.245. The van der Waals surface area contributed by atoms with Crippen LogP contribution in [0, 0.1) is 19.1 Å². The van der Waals surface area contributed by atoms with E-state index < -0.39 is 13.3 Å². The number of furan rings is 1. The van der Waals surface area contributed by atoms with Gasteiger partial charge in [-0.25, -0.2) is 0 Å². The second-order valence-electron chi connectivity index (χ2n) is 17.0. The second-order valence-corrected chi connectivity index (χ2v) is 27.5. The first-order valence-corrected chi connectivity index (χ1v) is 28.1. The fourth-order valence-corrected chi connectivity index (χ4v) is 12.6. The van der Waals surface area contributed by atoms with E-state index in [1.54, 1.807) is 0 Å². The molecule has 0 unspecified atom stereocenters. The van der Waals surface area contributed by atoms with Crippen molar-refractivity contribution in [1.82, 2.24) is 9.97 Å². The van der Waals surface area contributed by atoms with E-state index in [0.29, 0.717) is 0 Å². The third kappa shape index (κ3) is 8.30. The third-order valence-electron chi connectivity index (χ3n) is 12.0. The largest absolute Gasteiger partial charge is 0.501 e. The summed E-state index contributed by atoms with van der Waals surface area (Å²) < 4.78 is 8.04. The van der Waals surface area contributed by atoms with Gasteiger partial charge in [0.15, 0.2) is 0 Å². The Balaban J connectivity index is 0.000000183. The van der Waals surface area contributed by atoms with Crippen molar-refractivity contribution in [2.45, 2.75) is 82.0 Å². The van der Waals surface area contributed by atoms with Crippen LogP contribution in [0.2, 0.25) is 17.3 Å². The van der Waals surface area contributed by atoms with Crippen LogP contribution in [0.3, 0.4) is 0 Å². The molecular formula is C53H50GeIrN2O-2. The summed E-state index contributed by atoms with van der Waals surface area (Å²) in [5, 5.41) is 2.26. The van der Waals surface area contributed by atoms with Crippen molar-refractivity contribution in [3.05, 3.63) is 173 Å². The van der Waals surface area contributed by atoms with E-state index in [-0.39, 0.29) is 20.1 Å². The van der Waals surface area contributed by atoms with Crippen LogP contribution in [0.1, 0.15) is 64.6 Å². The van der Waals surface area contributed by atoms with Crippen LogP contribution in [0.4, 0.5) is 0 Å². The molecule has 3 aromatic heterocycles. The zero-order valence-electron chi connectivity index (χ0n) is 34.0. The van der Waals surface area contributed by atoms with Crippen LogP contribution < -0.4 is 4.40 Å². The van der Waals surface area contributed by atoms with E-state index in [1.165, 1.54) is 93.0 Å². The van der Waals surface area contributed by atoms with Gasteiger partial charge in [-0.1, -0.05) is 88.8 Å². The molecule has 0 atom stereocenters. The Morgan fingerprint density at radius 3 is 2.07 bits per heavy atom. The molecule has 2 aliphatic rings. The smallest absolute Gasteiger partial charge is 0.121 e. The zero-order valence-corrected chi connectivity index (χ0v) is 38.5. The van der Waals surface area contributed by atoms with Crippen molar-refractivity contribution < 1.29 is 24.5 Å². The molecule has 0 spiro atoms. The molecule has 0 saturated carbocycles. The van der Waals surface area contributed by atoms with Gasteiger partial charge in [0.2, 0.25) is 0 Å². The normalized spacial score (nSPS) is 13.6. The Hall–Kier alpha value is -4.61. The monoisotopic (exact) mass is 997 g/mol. The van der Waals surface area contributed by atoms with Crippen molar-refractivity contribution >= 4 is 39.6 Å². The average Bonchev–Trinajstić information content (AvgIpc) is 3.62. The summed E-state index contributed by atoms with van der Waals surface area (Å²) in [4.78, 5) is 9.59. The number of rotatable bonds is 6. The molecule has 5 aromatic carbocycles. The van der Waals surface area contributed by atoms with Crippen molar-refractivity contribution in [2.24, 2.45) is 0 Å². The number of hydrogen-bond donors (Lipinski definition) is 0. The van der Waals surface area contributed by atoms with Gasteiger partial charge in [0, 0.05) is 31.7 Å². The van der Waals surface area contributed by atoms with Gasteiger partial charge in [0.25, 0.3) is 0 Å². The number of pyridine rings is 2. The predicted molar refractivity (Wildman–Crippen MR) is 240 cm³/mol. The second kappa shape index (κ2) is 17.3. The van der Waals surface area contributed by atoms with E-state index >= 15 is 0 Å². The summed E-state index contributed by atoms with van der Waals surface area (Å²) in [6, 6.07) is 45.8. The van der Waals surface area contributed by atoms with Gasteiger partial charge >= 0.3 is 131 Å². The molecule has 5 heteroatoms. The average molecular weight is 996 g/mol. The van der Waals surface area contributed by atoms with Crippen molar-refractivity contribution in [3.8, 4) is 33.6 Å². The molecule has 3 heterocycles. The van der Waals surface area contributed by atoms with Crippen LogP contribution in [-0.4, -0.2) is 23.2 Å². The van der Waals surface area contributed by atoms with Gasteiger partial charge in [-0.2, -0.15) is 0 Å². The minimum Gasteiger partial charge on any atom is -0.501 e. The molecule has 0 bridgehead atoms. The fourth-order valence-electron chi connectivity index (χ4n) is 9.04. The zero-order chi connectivity index (χ0) is 38.9. The van der Waals surface area contributed by atoms with E-state index in [2.05, 4.69) is 146 Å². The maximum Gasteiger partial charge on any atom is 0.121 e. The molecule has 0 fully saturated rings. The maximum absolute atomic E-state index is 6.52. The Bertz CT molecular complexity index is 2710. The number of aromatic nitrogens is 2. The molecule has 0 amide bonds. The molecule has 3 nitrogen and oxygen atoms in total. The molecule has 1 radical (unpaired) electrons. The maximum atomic E-state index is 6.52. The minimum atomic E-state index is -1.81. The summed E-state index contributed by atoms with van der Waals surface area (Å²) >= 11 is -1.81. The Kier molecular flexibility index (Phi) is 12.0. The van der Waals surface area contributed by atoms with Gasteiger partial charge in [0.05, 0.1) is 5.58 Å². The van der Waals surface area contributed by atoms with Crippen molar-refractivity contribution in [2.75, 3.05) is 0 Å². The molecule has 2 aliphatic carbocycles. The van der Waals surface area contributed by atoms with Crippen molar-refractivity contribution in [1.29, 1.82) is 0 Å². The van der Waals surface area contributed by atoms with Gasteiger partial charge in [-0.15, -0.1) is 18.2 Å². The summed E-state index contributed by atoms with van der Waals surface area (Å²) in [6.45, 7) is 2.24. The van der Waals surface area contributed by atoms with Crippen LogP contribution in [-0.2, 0) is 52.2 Å². The molecule has 0 saturated heterocycles. The van der Waals surface area contributed by atoms with Gasteiger partial charge < -0.3 is 9.40 Å². The number of fused-ring (bicyclic) bond motifs is 5. The van der Waals surface area contributed by atoms with Gasteiger partial charge in [-0.05, 0) is 72.2 Å². The van der Waals surface area contributed by atoms with E-state index in [1.807, 2.05) is 12.3 Å². The van der Waals surface area contributed by atoms with Gasteiger partial charge in [0.1, 0.15) is 5.58 Å². The Morgan fingerprint density at radius 1 is 0.638 bits per heavy atom. The number of aryl methyl sites for hydroxylation is 3. The standard InChI is InChI=1S/C34H26NO.C19H24GeN.Ir/c1-2-7-23(8-3-1)21-24-13-15-25(16-14-24)27-17-18-29-30-11-6-12-31(34(30)36-32(29)22-27)33-28-10-5-4-9-26(28)19-20-35-33;1-14-12-19(21-13-18(14)20(2,3)4)17-11-7-9-15-8-5-6-10-16(15)17;/h1-3,6-8,11,13-20,22H,4-5,9-10,21H2;7,9,12-13H,5-6,8,10H2,1-4H3;/q2*-1;. The minimum absolute atomic E-state index is 0. The van der Waals surface area contributed by atoms with Gasteiger partial charge in [-0.3, -0.25) is 0 Å².